The standard InChI is InChI=1S/C22H33N3O4S/c1-3-14-25(2)15-6-4-5-7-16-28-21-12-10-20(11-13-21)18-23-30(26,27)24-19-22-9-8-17-29-22/h3,8-13,17,23-24H,1,4-7,14-16,18-19H2,2H3. The highest BCUT2D eigenvalue weighted by Crippen LogP contribution is 2.13. The predicted molar refractivity (Wildman–Crippen MR) is 119 cm³/mol. The molecule has 0 fully saturated rings. The maximum absolute atomic E-state index is 12.0. The minimum Gasteiger partial charge on any atom is -0.494 e. The van der Waals surface area contributed by atoms with Crippen LogP contribution in [-0.4, -0.2) is 40.1 Å². The zero-order valence-electron chi connectivity index (χ0n) is 17.7. The smallest absolute Gasteiger partial charge is 0.277 e. The lowest BCUT2D eigenvalue weighted by Crippen LogP contribution is -2.35. The molecule has 2 rings (SSSR count). The summed E-state index contributed by atoms with van der Waals surface area (Å²) in [5.74, 6) is 1.35. The van der Waals surface area contributed by atoms with Gasteiger partial charge in [-0.05, 0) is 56.3 Å². The summed E-state index contributed by atoms with van der Waals surface area (Å²) < 4.78 is 39.8. The van der Waals surface area contributed by atoms with Gasteiger partial charge in [0.2, 0.25) is 0 Å². The van der Waals surface area contributed by atoms with Crippen LogP contribution in [0.3, 0.4) is 0 Å². The number of hydrogen-bond donors (Lipinski definition) is 2. The van der Waals surface area contributed by atoms with Gasteiger partial charge in [-0.25, -0.2) is 0 Å². The second-order valence-corrected chi connectivity index (χ2v) is 8.77. The lowest BCUT2D eigenvalue weighted by Gasteiger charge is -2.13. The fourth-order valence-electron chi connectivity index (χ4n) is 2.85. The van der Waals surface area contributed by atoms with Crippen LogP contribution in [0.5, 0.6) is 5.75 Å². The van der Waals surface area contributed by atoms with E-state index in [0.717, 1.165) is 37.2 Å². The topological polar surface area (TPSA) is 83.8 Å². The predicted octanol–water partition coefficient (Wildman–Crippen LogP) is 3.46. The van der Waals surface area contributed by atoms with Crippen molar-refractivity contribution in [3.05, 3.63) is 66.6 Å². The van der Waals surface area contributed by atoms with Gasteiger partial charge in [0.15, 0.2) is 0 Å². The number of likely N-dealkylation sites (N-methyl/N-ethyl adjacent to an activating group) is 1. The number of nitrogens with zero attached hydrogens (tertiary/aromatic N) is 1. The quantitative estimate of drug-likeness (QED) is 0.312. The zero-order valence-corrected chi connectivity index (χ0v) is 18.5. The van der Waals surface area contributed by atoms with Gasteiger partial charge in [0.05, 0.1) is 19.4 Å². The Labute approximate surface area is 180 Å². The van der Waals surface area contributed by atoms with E-state index in [1.807, 2.05) is 30.3 Å². The minimum absolute atomic E-state index is 0.112. The molecule has 0 saturated carbocycles. The molecule has 7 nitrogen and oxygen atoms in total. The van der Waals surface area contributed by atoms with Crippen molar-refractivity contribution < 1.29 is 17.6 Å². The van der Waals surface area contributed by atoms with Crippen LogP contribution in [0.1, 0.15) is 37.0 Å². The van der Waals surface area contributed by atoms with Gasteiger partial charge in [-0.2, -0.15) is 17.9 Å². The molecule has 0 radical (unpaired) electrons. The van der Waals surface area contributed by atoms with E-state index in [1.54, 1.807) is 12.1 Å². The van der Waals surface area contributed by atoms with Gasteiger partial charge in [0.25, 0.3) is 10.2 Å². The summed E-state index contributed by atoms with van der Waals surface area (Å²) in [6.45, 7) is 6.77. The van der Waals surface area contributed by atoms with Gasteiger partial charge in [-0.15, -0.1) is 6.58 Å². The molecule has 0 spiro atoms. The van der Waals surface area contributed by atoms with Gasteiger partial charge >= 0.3 is 0 Å². The number of ether oxygens (including phenoxy) is 1. The Bertz CT molecular complexity index is 821. The molecule has 0 aliphatic carbocycles. The van der Waals surface area contributed by atoms with E-state index in [0.29, 0.717) is 12.4 Å². The SMILES string of the molecule is C=CCN(C)CCCCCCOc1ccc(CNS(=O)(=O)NCc2ccco2)cc1. The molecule has 1 aromatic carbocycles. The molecule has 0 aliphatic rings. The van der Waals surface area contributed by atoms with E-state index in [-0.39, 0.29) is 13.1 Å². The third-order valence-corrected chi connectivity index (χ3v) is 5.60. The van der Waals surface area contributed by atoms with E-state index in [4.69, 9.17) is 9.15 Å². The van der Waals surface area contributed by atoms with Crippen molar-refractivity contribution in [2.75, 3.05) is 26.7 Å². The normalized spacial score (nSPS) is 11.7. The molecular weight excluding hydrogens is 402 g/mol. The highest BCUT2D eigenvalue weighted by Gasteiger charge is 2.10. The molecule has 0 amide bonds. The third-order valence-electron chi connectivity index (χ3n) is 4.55. The Morgan fingerprint density at radius 2 is 1.80 bits per heavy atom. The molecule has 2 N–H and O–H groups in total. The van der Waals surface area contributed by atoms with Crippen molar-refractivity contribution in [2.24, 2.45) is 0 Å². The van der Waals surface area contributed by atoms with E-state index in [2.05, 4.69) is 28.0 Å². The summed E-state index contributed by atoms with van der Waals surface area (Å²) in [5, 5.41) is 0. The summed E-state index contributed by atoms with van der Waals surface area (Å²) in [6.07, 6.45) is 7.97. The van der Waals surface area contributed by atoms with Gasteiger partial charge in [0.1, 0.15) is 11.5 Å². The average molecular weight is 436 g/mol. The van der Waals surface area contributed by atoms with Crippen molar-refractivity contribution in [1.82, 2.24) is 14.3 Å². The highest BCUT2D eigenvalue weighted by atomic mass is 32.2. The Balaban J connectivity index is 1.58. The molecular formula is C22H33N3O4S. The minimum atomic E-state index is -3.60. The van der Waals surface area contributed by atoms with Crippen LogP contribution in [0.15, 0.2) is 59.7 Å². The molecule has 0 unspecified atom stereocenters. The molecule has 0 bridgehead atoms. The van der Waals surface area contributed by atoms with E-state index >= 15 is 0 Å². The Kier molecular flexibility index (Phi) is 10.6. The van der Waals surface area contributed by atoms with Gasteiger partial charge in [-0.3, -0.25) is 0 Å². The number of benzene rings is 1. The van der Waals surface area contributed by atoms with Crippen LogP contribution in [0.25, 0.3) is 0 Å². The first kappa shape index (κ1) is 24.1. The first-order chi connectivity index (χ1) is 14.5. The number of rotatable bonds is 16. The number of nitrogens with one attached hydrogen (secondary N) is 2. The monoisotopic (exact) mass is 435 g/mol. The molecule has 166 valence electrons. The summed E-state index contributed by atoms with van der Waals surface area (Å²) in [5.41, 5.74) is 0.856. The Hall–Kier alpha value is -2.13. The van der Waals surface area contributed by atoms with Crippen LogP contribution in [0.4, 0.5) is 0 Å². The number of furan rings is 1. The maximum Gasteiger partial charge on any atom is 0.277 e. The lowest BCUT2D eigenvalue weighted by molar-refractivity contribution is 0.300. The van der Waals surface area contributed by atoms with E-state index in [9.17, 15) is 8.42 Å². The molecule has 30 heavy (non-hydrogen) atoms. The average Bonchev–Trinajstić information content (AvgIpc) is 3.25. The Morgan fingerprint density at radius 1 is 1.07 bits per heavy atom. The van der Waals surface area contributed by atoms with Crippen LogP contribution in [-0.2, 0) is 23.3 Å². The molecule has 1 heterocycles. The largest absolute Gasteiger partial charge is 0.494 e. The first-order valence-corrected chi connectivity index (χ1v) is 11.7. The molecule has 0 atom stereocenters. The molecule has 0 saturated heterocycles. The van der Waals surface area contributed by atoms with Gasteiger partial charge in [0, 0.05) is 13.1 Å². The lowest BCUT2D eigenvalue weighted by atomic mass is 10.2. The van der Waals surface area contributed by atoms with Crippen molar-refractivity contribution in [1.29, 1.82) is 0 Å². The van der Waals surface area contributed by atoms with Crippen molar-refractivity contribution in [3.8, 4) is 5.75 Å². The zero-order chi connectivity index (χ0) is 21.7. The van der Waals surface area contributed by atoms with Crippen LogP contribution < -0.4 is 14.2 Å². The summed E-state index contributed by atoms with van der Waals surface area (Å²) in [4.78, 5) is 2.26. The number of hydrogen-bond acceptors (Lipinski definition) is 5. The second-order valence-electron chi connectivity index (χ2n) is 7.18. The fourth-order valence-corrected chi connectivity index (χ4v) is 3.64. The third kappa shape index (κ3) is 10.1. The van der Waals surface area contributed by atoms with Crippen LogP contribution >= 0.6 is 0 Å². The second kappa shape index (κ2) is 13.2. The molecule has 8 heteroatoms. The van der Waals surface area contributed by atoms with Gasteiger partial charge < -0.3 is 14.1 Å². The van der Waals surface area contributed by atoms with E-state index < -0.39 is 10.2 Å². The van der Waals surface area contributed by atoms with E-state index in [1.165, 1.54) is 19.1 Å². The summed E-state index contributed by atoms with van der Waals surface area (Å²) in [7, 11) is -1.49. The van der Waals surface area contributed by atoms with Crippen molar-refractivity contribution in [2.45, 2.75) is 38.8 Å². The van der Waals surface area contributed by atoms with Crippen molar-refractivity contribution >= 4 is 10.2 Å². The molecule has 2 aromatic rings. The summed E-state index contributed by atoms with van der Waals surface area (Å²) in [6, 6.07) is 10.9. The molecule has 1 aromatic heterocycles. The fraction of sp³-hybridized carbons (Fsp3) is 0.455. The van der Waals surface area contributed by atoms with Crippen LogP contribution in [0.2, 0.25) is 0 Å². The highest BCUT2D eigenvalue weighted by molar-refractivity contribution is 7.87. The number of unbranched alkanes of at least 4 members (excludes halogenated alkanes) is 3. The van der Waals surface area contributed by atoms with Crippen LogP contribution in [0, 0.1) is 0 Å². The van der Waals surface area contributed by atoms with Gasteiger partial charge in [-0.1, -0.05) is 31.1 Å². The molecule has 0 aliphatic heterocycles. The summed E-state index contributed by atoms with van der Waals surface area (Å²) >= 11 is 0. The maximum atomic E-state index is 12.0. The van der Waals surface area contributed by atoms with Crippen molar-refractivity contribution in [3.63, 3.8) is 0 Å². The first-order valence-electron chi connectivity index (χ1n) is 10.3. The Morgan fingerprint density at radius 3 is 2.50 bits per heavy atom.